The van der Waals surface area contributed by atoms with Crippen molar-refractivity contribution < 1.29 is 0 Å². The van der Waals surface area contributed by atoms with Gasteiger partial charge >= 0.3 is 0 Å². The van der Waals surface area contributed by atoms with E-state index in [0.29, 0.717) is 16.9 Å². The number of benzene rings is 1. The smallest absolute Gasteiger partial charge is 0.101 e. The third-order valence-corrected chi connectivity index (χ3v) is 1.76. The van der Waals surface area contributed by atoms with Crippen LogP contribution in [0.5, 0.6) is 0 Å². The zero-order valence-corrected chi connectivity index (χ0v) is 7.22. The summed E-state index contributed by atoms with van der Waals surface area (Å²) in [6.45, 7) is 0. The monoisotopic (exact) mass is 211 g/mol. The number of nitrogens with two attached hydrogens (primary N) is 2. The maximum atomic E-state index is 8.56. The van der Waals surface area contributed by atoms with Crippen LogP contribution in [-0.4, -0.2) is 0 Å². The molecule has 0 aliphatic heterocycles. The average Bonchev–Trinajstić information content (AvgIpc) is 1.96. The summed E-state index contributed by atoms with van der Waals surface area (Å²) in [5.74, 6) is 0. The van der Waals surface area contributed by atoms with Crippen molar-refractivity contribution in [3.8, 4) is 6.07 Å². The molecule has 0 radical (unpaired) electrons. The summed E-state index contributed by atoms with van der Waals surface area (Å²) in [5.41, 5.74) is 12.2. The van der Waals surface area contributed by atoms with E-state index >= 15 is 0 Å². The number of anilines is 2. The van der Waals surface area contributed by atoms with Gasteiger partial charge in [-0.3, -0.25) is 0 Å². The molecule has 0 amide bonds. The van der Waals surface area contributed by atoms with E-state index in [2.05, 4.69) is 15.9 Å². The normalized spacial score (nSPS) is 9.09. The van der Waals surface area contributed by atoms with Crippen molar-refractivity contribution in [2.24, 2.45) is 0 Å². The largest absolute Gasteiger partial charge is 0.397 e. The van der Waals surface area contributed by atoms with Gasteiger partial charge in [0.2, 0.25) is 0 Å². The molecular weight excluding hydrogens is 206 g/mol. The Morgan fingerprint density at radius 1 is 1.36 bits per heavy atom. The van der Waals surface area contributed by atoms with Crippen LogP contribution < -0.4 is 11.5 Å². The third-order valence-electron chi connectivity index (χ3n) is 1.30. The molecule has 1 aromatic carbocycles. The highest BCUT2D eigenvalue weighted by molar-refractivity contribution is 9.10. The average molecular weight is 212 g/mol. The Bertz CT molecular complexity index is 327. The van der Waals surface area contributed by atoms with Gasteiger partial charge < -0.3 is 11.5 Å². The predicted molar refractivity (Wildman–Crippen MR) is 47.7 cm³/mol. The highest BCUT2D eigenvalue weighted by Gasteiger charge is 2.02. The molecule has 4 N–H and O–H groups in total. The van der Waals surface area contributed by atoms with E-state index in [1.807, 2.05) is 6.07 Å². The van der Waals surface area contributed by atoms with E-state index in [-0.39, 0.29) is 0 Å². The minimum absolute atomic E-state index is 0.343. The zero-order chi connectivity index (χ0) is 8.43. The van der Waals surface area contributed by atoms with E-state index in [0.717, 1.165) is 4.47 Å². The standard InChI is InChI=1S/C7H6BrN3/c8-5-1-4(3-9)7(11)6(10)2-5/h1-2H,10-11H2. The summed E-state index contributed by atoms with van der Waals surface area (Å²) >= 11 is 3.20. The first-order valence-corrected chi connectivity index (χ1v) is 3.69. The number of halogens is 1. The molecule has 56 valence electrons. The fraction of sp³-hybridized carbons (Fsp3) is 0. The van der Waals surface area contributed by atoms with Gasteiger partial charge in [0.25, 0.3) is 0 Å². The number of nitriles is 1. The minimum Gasteiger partial charge on any atom is -0.397 e. The van der Waals surface area contributed by atoms with Crippen LogP contribution in [0.1, 0.15) is 5.56 Å². The van der Waals surface area contributed by atoms with Crippen LogP contribution in [-0.2, 0) is 0 Å². The molecule has 0 saturated carbocycles. The molecular formula is C7H6BrN3. The predicted octanol–water partition coefficient (Wildman–Crippen LogP) is 1.49. The summed E-state index contributed by atoms with van der Waals surface area (Å²) in [4.78, 5) is 0. The Labute approximate surface area is 72.7 Å². The summed E-state index contributed by atoms with van der Waals surface area (Å²) < 4.78 is 0.765. The van der Waals surface area contributed by atoms with Gasteiger partial charge in [-0.15, -0.1) is 0 Å². The first-order chi connectivity index (χ1) is 5.15. The van der Waals surface area contributed by atoms with Crippen molar-refractivity contribution in [1.82, 2.24) is 0 Å². The van der Waals surface area contributed by atoms with Crippen molar-refractivity contribution in [2.45, 2.75) is 0 Å². The van der Waals surface area contributed by atoms with Crippen LogP contribution in [0.25, 0.3) is 0 Å². The molecule has 0 fully saturated rings. The number of rotatable bonds is 0. The van der Waals surface area contributed by atoms with Crippen molar-refractivity contribution >= 4 is 27.3 Å². The molecule has 0 aliphatic carbocycles. The molecule has 0 aliphatic rings. The van der Waals surface area contributed by atoms with E-state index in [9.17, 15) is 0 Å². The van der Waals surface area contributed by atoms with Crippen molar-refractivity contribution in [3.63, 3.8) is 0 Å². The number of hydrogen-bond donors (Lipinski definition) is 2. The van der Waals surface area contributed by atoms with Crippen LogP contribution in [0.3, 0.4) is 0 Å². The number of hydrogen-bond acceptors (Lipinski definition) is 3. The van der Waals surface area contributed by atoms with Gasteiger partial charge in [-0.2, -0.15) is 5.26 Å². The third kappa shape index (κ3) is 1.44. The van der Waals surface area contributed by atoms with Gasteiger partial charge in [0.1, 0.15) is 6.07 Å². The van der Waals surface area contributed by atoms with Crippen molar-refractivity contribution in [1.29, 1.82) is 5.26 Å². The quantitative estimate of drug-likeness (QED) is 0.639. The molecule has 0 spiro atoms. The highest BCUT2D eigenvalue weighted by Crippen LogP contribution is 2.24. The molecule has 1 aromatic rings. The second-order valence-electron chi connectivity index (χ2n) is 2.07. The zero-order valence-electron chi connectivity index (χ0n) is 5.63. The van der Waals surface area contributed by atoms with E-state index in [1.54, 1.807) is 12.1 Å². The minimum atomic E-state index is 0.343. The molecule has 0 aromatic heterocycles. The van der Waals surface area contributed by atoms with E-state index < -0.39 is 0 Å². The lowest BCUT2D eigenvalue weighted by atomic mass is 10.2. The topological polar surface area (TPSA) is 75.8 Å². The summed E-state index contributed by atoms with van der Waals surface area (Å²) in [6.07, 6.45) is 0. The molecule has 4 heteroatoms. The maximum absolute atomic E-state index is 8.56. The summed E-state index contributed by atoms with van der Waals surface area (Å²) in [6, 6.07) is 5.24. The first-order valence-electron chi connectivity index (χ1n) is 2.89. The molecule has 1 rings (SSSR count). The summed E-state index contributed by atoms with van der Waals surface area (Å²) in [7, 11) is 0. The Morgan fingerprint density at radius 2 is 2.00 bits per heavy atom. The lowest BCUT2D eigenvalue weighted by Gasteiger charge is -2.01. The lowest BCUT2D eigenvalue weighted by molar-refractivity contribution is 1.47. The van der Waals surface area contributed by atoms with Crippen LogP contribution in [0.15, 0.2) is 16.6 Å². The molecule has 11 heavy (non-hydrogen) atoms. The Balaban J connectivity index is 3.39. The van der Waals surface area contributed by atoms with Crippen LogP contribution in [0, 0.1) is 11.3 Å². The van der Waals surface area contributed by atoms with Gasteiger partial charge in [0.15, 0.2) is 0 Å². The van der Waals surface area contributed by atoms with E-state index in [1.165, 1.54) is 0 Å². The fourth-order valence-electron chi connectivity index (χ4n) is 0.732. The molecule has 0 unspecified atom stereocenters. The Kier molecular flexibility index (Phi) is 2.01. The van der Waals surface area contributed by atoms with Crippen LogP contribution in [0.2, 0.25) is 0 Å². The second kappa shape index (κ2) is 2.81. The van der Waals surface area contributed by atoms with Gasteiger partial charge in [-0.1, -0.05) is 15.9 Å². The van der Waals surface area contributed by atoms with E-state index in [4.69, 9.17) is 16.7 Å². The molecule has 0 saturated heterocycles. The molecule has 0 bridgehead atoms. The lowest BCUT2D eigenvalue weighted by Crippen LogP contribution is -1.97. The Hall–Kier alpha value is -1.21. The van der Waals surface area contributed by atoms with Crippen molar-refractivity contribution in [2.75, 3.05) is 11.5 Å². The van der Waals surface area contributed by atoms with Gasteiger partial charge in [-0.25, -0.2) is 0 Å². The highest BCUT2D eigenvalue weighted by atomic mass is 79.9. The molecule has 0 atom stereocenters. The van der Waals surface area contributed by atoms with Gasteiger partial charge in [0.05, 0.1) is 16.9 Å². The SMILES string of the molecule is N#Cc1cc(Br)cc(N)c1N. The number of nitrogen functional groups attached to an aromatic ring is 2. The van der Waals surface area contributed by atoms with Crippen LogP contribution >= 0.6 is 15.9 Å². The van der Waals surface area contributed by atoms with Gasteiger partial charge in [0, 0.05) is 4.47 Å². The van der Waals surface area contributed by atoms with Gasteiger partial charge in [-0.05, 0) is 12.1 Å². The van der Waals surface area contributed by atoms with Crippen molar-refractivity contribution in [3.05, 3.63) is 22.2 Å². The fourth-order valence-corrected chi connectivity index (χ4v) is 1.21. The summed E-state index contributed by atoms with van der Waals surface area (Å²) in [5, 5.41) is 8.56. The number of nitrogens with zero attached hydrogens (tertiary/aromatic N) is 1. The molecule has 3 nitrogen and oxygen atoms in total. The first kappa shape index (κ1) is 7.89. The Morgan fingerprint density at radius 3 is 2.55 bits per heavy atom. The molecule has 0 heterocycles. The maximum Gasteiger partial charge on any atom is 0.101 e. The van der Waals surface area contributed by atoms with Crippen LogP contribution in [0.4, 0.5) is 11.4 Å². The second-order valence-corrected chi connectivity index (χ2v) is 2.98.